The zero-order chi connectivity index (χ0) is 17.1. The molecule has 0 heterocycles. The number of aldehydes is 1. The Morgan fingerprint density at radius 3 is 2.79 bits per heavy atom. The Hall–Kier alpha value is -1.15. The number of halogens is 1. The van der Waals surface area contributed by atoms with Crippen molar-refractivity contribution >= 4 is 23.7 Å². The maximum Gasteiger partial charge on any atom is 0.141 e. The summed E-state index contributed by atoms with van der Waals surface area (Å²) in [7, 11) is 0. The third-order valence-corrected chi connectivity index (χ3v) is 7.71. The van der Waals surface area contributed by atoms with Crippen molar-refractivity contribution in [2.75, 3.05) is 0 Å². The van der Waals surface area contributed by atoms with Gasteiger partial charge in [-0.3, -0.25) is 4.79 Å². The van der Waals surface area contributed by atoms with Crippen LogP contribution in [0.5, 0.6) is 0 Å². The Labute approximate surface area is 149 Å². The van der Waals surface area contributed by atoms with Gasteiger partial charge in [0.15, 0.2) is 0 Å². The van der Waals surface area contributed by atoms with Gasteiger partial charge in [0.05, 0.1) is 0 Å². The van der Waals surface area contributed by atoms with Gasteiger partial charge < -0.3 is 4.79 Å². The number of fused-ring (bicyclic) bond motifs is 5. The fourth-order valence-corrected chi connectivity index (χ4v) is 6.24. The number of hydrogen-bond acceptors (Lipinski definition) is 2. The maximum atomic E-state index is 11.9. The van der Waals surface area contributed by atoms with E-state index in [-0.39, 0.29) is 10.8 Å². The number of hydrogen-bond donors (Lipinski definition) is 0. The predicted octanol–water partition coefficient (Wildman–Crippen LogP) is 4.78. The van der Waals surface area contributed by atoms with Crippen LogP contribution in [0.1, 0.15) is 52.4 Å². The molecule has 0 aromatic carbocycles. The van der Waals surface area contributed by atoms with Gasteiger partial charge in [-0.15, -0.1) is 11.6 Å². The van der Waals surface area contributed by atoms with E-state index in [1.807, 2.05) is 0 Å². The number of rotatable bonds is 2. The molecule has 0 bridgehead atoms. The molecule has 2 nitrogen and oxygen atoms in total. The second-order valence-electron chi connectivity index (χ2n) is 8.44. The molecule has 5 atom stereocenters. The first kappa shape index (κ1) is 16.3. The molecule has 1 saturated carbocycles. The zero-order valence-electron chi connectivity index (χ0n) is 14.5. The summed E-state index contributed by atoms with van der Waals surface area (Å²) in [6.07, 6.45) is 13.2. The minimum absolute atomic E-state index is 0.00762. The van der Waals surface area contributed by atoms with Crippen LogP contribution in [-0.4, -0.2) is 17.4 Å². The Morgan fingerprint density at radius 2 is 2.04 bits per heavy atom. The molecule has 3 heteroatoms. The monoisotopic (exact) mass is 344 g/mol. The number of alkyl halides is 1. The van der Waals surface area contributed by atoms with Crippen molar-refractivity contribution in [3.05, 3.63) is 34.9 Å². The third kappa shape index (κ3) is 2.08. The lowest BCUT2D eigenvalue weighted by Gasteiger charge is -2.52. The largest absolute Gasteiger partial charge is 0.301 e. The molecule has 4 rings (SSSR count). The maximum absolute atomic E-state index is 11.9. The Balaban J connectivity index is 1.71. The van der Waals surface area contributed by atoms with Crippen LogP contribution in [0.2, 0.25) is 0 Å². The summed E-state index contributed by atoms with van der Waals surface area (Å²) in [5.41, 5.74) is 4.11. The van der Waals surface area contributed by atoms with Crippen molar-refractivity contribution in [1.82, 2.24) is 0 Å². The zero-order valence-corrected chi connectivity index (χ0v) is 15.2. The highest BCUT2D eigenvalue weighted by atomic mass is 35.5. The van der Waals surface area contributed by atoms with Crippen LogP contribution in [0.25, 0.3) is 0 Å². The molecule has 0 radical (unpaired) electrons. The van der Waals surface area contributed by atoms with Crippen molar-refractivity contribution in [3.63, 3.8) is 0 Å². The molecule has 1 fully saturated rings. The Kier molecular flexibility index (Phi) is 3.69. The predicted molar refractivity (Wildman–Crippen MR) is 95.9 cm³/mol. The van der Waals surface area contributed by atoms with Gasteiger partial charge in [-0.25, -0.2) is 0 Å². The average Bonchev–Trinajstić information content (AvgIpc) is 2.92. The molecule has 4 aliphatic rings. The highest BCUT2D eigenvalue weighted by Crippen LogP contribution is 2.62. The number of Topliss-reactive ketones (excluding diaryl/α,β-unsaturated/α-hetero) is 1. The number of allylic oxidation sites excluding steroid dienone is 6. The number of carbonyl (C=O) groups excluding carboxylic acids is 2. The van der Waals surface area contributed by atoms with Crippen molar-refractivity contribution in [1.29, 1.82) is 0 Å². The first-order valence-corrected chi connectivity index (χ1v) is 9.55. The smallest absolute Gasteiger partial charge is 0.141 e. The van der Waals surface area contributed by atoms with Crippen LogP contribution in [-0.2, 0) is 9.59 Å². The first-order chi connectivity index (χ1) is 11.4. The van der Waals surface area contributed by atoms with Crippen LogP contribution in [0.4, 0.5) is 0 Å². The lowest BCUT2D eigenvalue weighted by molar-refractivity contribution is -0.120. The van der Waals surface area contributed by atoms with E-state index < -0.39 is 5.38 Å². The first-order valence-electron chi connectivity index (χ1n) is 9.12. The summed E-state index contributed by atoms with van der Waals surface area (Å²) >= 11 is 6.30. The molecule has 0 spiro atoms. The van der Waals surface area contributed by atoms with Gasteiger partial charge in [0.2, 0.25) is 0 Å². The highest BCUT2D eigenvalue weighted by Gasteiger charge is 2.53. The highest BCUT2D eigenvalue weighted by molar-refractivity contribution is 6.29. The Morgan fingerprint density at radius 1 is 1.25 bits per heavy atom. The molecule has 0 aromatic rings. The quantitative estimate of drug-likeness (QED) is 0.410. The van der Waals surface area contributed by atoms with E-state index >= 15 is 0 Å². The summed E-state index contributed by atoms with van der Waals surface area (Å²) in [4.78, 5) is 23.1. The second-order valence-corrected chi connectivity index (χ2v) is 8.91. The van der Waals surface area contributed by atoms with E-state index in [9.17, 15) is 9.59 Å². The van der Waals surface area contributed by atoms with Crippen molar-refractivity contribution in [2.24, 2.45) is 22.7 Å². The normalized spacial score (nSPS) is 42.1. The molecule has 0 N–H and O–H groups in total. The van der Waals surface area contributed by atoms with E-state index in [0.29, 0.717) is 30.5 Å². The topological polar surface area (TPSA) is 34.1 Å². The van der Waals surface area contributed by atoms with Gasteiger partial charge in [-0.2, -0.15) is 0 Å². The summed E-state index contributed by atoms with van der Waals surface area (Å²) in [6, 6.07) is 0. The molecular formula is C21H25ClO2. The molecular weight excluding hydrogens is 320 g/mol. The van der Waals surface area contributed by atoms with Crippen LogP contribution >= 0.6 is 11.6 Å². The van der Waals surface area contributed by atoms with E-state index in [1.165, 1.54) is 5.57 Å². The van der Waals surface area contributed by atoms with Crippen molar-refractivity contribution < 1.29 is 9.59 Å². The van der Waals surface area contributed by atoms with Crippen LogP contribution in [0.3, 0.4) is 0 Å². The van der Waals surface area contributed by atoms with Gasteiger partial charge in [-0.1, -0.05) is 43.2 Å². The van der Waals surface area contributed by atoms with Crippen LogP contribution in [0, 0.1) is 22.7 Å². The van der Waals surface area contributed by atoms with E-state index in [1.54, 1.807) is 5.57 Å². The van der Waals surface area contributed by atoms with Gasteiger partial charge in [-0.05, 0) is 48.5 Å². The molecule has 24 heavy (non-hydrogen) atoms. The van der Waals surface area contributed by atoms with Crippen molar-refractivity contribution in [3.8, 4) is 0 Å². The molecule has 128 valence electrons. The molecule has 0 amide bonds. The second kappa shape index (κ2) is 5.42. The molecule has 0 aliphatic heterocycles. The van der Waals surface area contributed by atoms with Gasteiger partial charge in [0.25, 0.3) is 0 Å². The standard InChI is InChI=1S/C21H25ClO2/c1-20-9-7-14(24)11-13(20)3-4-15-16-5-6-18(19(22)12-23)21(16,2)10-8-17(15)20/h3,6,8,12,15-16,19H,4-5,7,9-11H2,1-2H3/t15-,16-,19?,20-,21-/m0/s1. The van der Waals surface area contributed by atoms with Gasteiger partial charge >= 0.3 is 0 Å². The summed E-state index contributed by atoms with van der Waals surface area (Å²) in [5, 5.41) is -0.493. The summed E-state index contributed by atoms with van der Waals surface area (Å²) in [5.74, 6) is 1.44. The molecule has 4 aliphatic carbocycles. The van der Waals surface area contributed by atoms with Gasteiger partial charge in [0.1, 0.15) is 17.4 Å². The average molecular weight is 345 g/mol. The minimum Gasteiger partial charge on any atom is -0.301 e. The van der Waals surface area contributed by atoms with Crippen molar-refractivity contribution in [2.45, 2.75) is 57.7 Å². The van der Waals surface area contributed by atoms with Crippen LogP contribution < -0.4 is 0 Å². The lowest BCUT2D eigenvalue weighted by Crippen LogP contribution is -2.44. The van der Waals surface area contributed by atoms with E-state index in [0.717, 1.165) is 37.5 Å². The fraction of sp³-hybridized carbons (Fsp3) is 0.619. The van der Waals surface area contributed by atoms with Crippen LogP contribution in [0.15, 0.2) is 34.9 Å². The Bertz CT molecular complexity index is 701. The summed E-state index contributed by atoms with van der Waals surface area (Å²) < 4.78 is 0. The van der Waals surface area contributed by atoms with E-state index in [2.05, 4.69) is 32.1 Å². The SMILES string of the molecule is C[C@]12CCC(=O)CC1=CC[C@@H]1C2=CC[C@]2(C)C(C(Cl)C=O)=CC[C@@H]12. The summed E-state index contributed by atoms with van der Waals surface area (Å²) in [6.45, 7) is 4.62. The number of ketones is 1. The fourth-order valence-electron chi connectivity index (χ4n) is 5.90. The molecule has 1 unspecified atom stereocenters. The molecule has 0 aromatic heterocycles. The molecule has 0 saturated heterocycles. The minimum atomic E-state index is -0.493. The third-order valence-electron chi connectivity index (χ3n) is 7.37. The van der Waals surface area contributed by atoms with Gasteiger partial charge in [0, 0.05) is 18.3 Å². The lowest BCUT2D eigenvalue weighted by atomic mass is 9.52. The van der Waals surface area contributed by atoms with E-state index in [4.69, 9.17) is 11.6 Å². The number of carbonyl (C=O) groups is 2.